The number of esters is 1. The summed E-state index contributed by atoms with van der Waals surface area (Å²) in [5.41, 5.74) is 9.29. The number of nitrogens with two attached hydrogens (primary N) is 1. The molecular formula is C36H30ClN5O4. The zero-order chi connectivity index (χ0) is 31.5. The molecule has 0 bridgehead atoms. The van der Waals surface area contributed by atoms with Gasteiger partial charge in [-0.2, -0.15) is 0 Å². The molecule has 1 aliphatic rings. The number of hydrogen-bond donors (Lipinski definition) is 1. The van der Waals surface area contributed by atoms with Gasteiger partial charge in [-0.25, -0.2) is 19.7 Å². The molecule has 7 rings (SSSR count). The minimum Gasteiger partial charge on any atom is -0.456 e. The quantitative estimate of drug-likeness (QED) is 0.141. The van der Waals surface area contributed by atoms with Crippen molar-refractivity contribution >= 4 is 34.6 Å². The Kier molecular flexibility index (Phi) is 8.19. The first-order valence-corrected chi connectivity index (χ1v) is 15.3. The maximum atomic E-state index is 13.4. The van der Waals surface area contributed by atoms with E-state index in [9.17, 15) is 4.79 Å². The highest BCUT2D eigenvalue weighted by Gasteiger charge is 2.44. The van der Waals surface area contributed by atoms with Gasteiger partial charge in [0.1, 0.15) is 35.9 Å². The van der Waals surface area contributed by atoms with Crippen LogP contribution in [0.1, 0.15) is 39.7 Å². The van der Waals surface area contributed by atoms with Crippen LogP contribution in [0, 0.1) is 0 Å². The zero-order valence-electron chi connectivity index (χ0n) is 24.6. The summed E-state index contributed by atoms with van der Waals surface area (Å²) in [6.07, 6.45) is 1.47. The van der Waals surface area contributed by atoms with Gasteiger partial charge in [0, 0.05) is 11.4 Å². The van der Waals surface area contributed by atoms with Gasteiger partial charge in [-0.15, -0.1) is 0 Å². The lowest BCUT2D eigenvalue weighted by atomic mass is 9.80. The van der Waals surface area contributed by atoms with E-state index in [1.807, 2.05) is 54.6 Å². The van der Waals surface area contributed by atoms with E-state index < -0.39 is 30.0 Å². The van der Waals surface area contributed by atoms with Gasteiger partial charge in [0.15, 0.2) is 11.5 Å². The van der Waals surface area contributed by atoms with Crippen molar-refractivity contribution in [3.8, 4) is 0 Å². The summed E-state index contributed by atoms with van der Waals surface area (Å²) in [6, 6.07) is 36.8. The number of nitrogen functional groups attached to an aromatic ring is 1. The van der Waals surface area contributed by atoms with Crippen molar-refractivity contribution in [1.29, 1.82) is 0 Å². The maximum Gasteiger partial charge on any atom is 0.338 e. The fourth-order valence-corrected chi connectivity index (χ4v) is 6.12. The Labute approximate surface area is 270 Å². The Morgan fingerprint density at radius 3 is 2.02 bits per heavy atom. The number of imidazole rings is 1. The van der Waals surface area contributed by atoms with E-state index in [0.29, 0.717) is 28.2 Å². The smallest absolute Gasteiger partial charge is 0.338 e. The molecule has 1 fully saturated rings. The van der Waals surface area contributed by atoms with Crippen molar-refractivity contribution < 1.29 is 19.0 Å². The van der Waals surface area contributed by atoms with Crippen molar-refractivity contribution in [2.24, 2.45) is 0 Å². The SMILES string of the molecule is Nc1ncnc2c1ncn2[C@H]1C[C@H](OC(=O)c2ccc(Cl)cc2)[C@@H](COC(c2ccccc2)(c2ccccc2)c2ccccc2)O1. The van der Waals surface area contributed by atoms with E-state index in [0.717, 1.165) is 16.7 Å². The Balaban J connectivity index is 1.26. The molecule has 0 radical (unpaired) electrons. The lowest BCUT2D eigenvalue weighted by Gasteiger charge is -2.37. The third-order valence-electron chi connectivity index (χ3n) is 8.22. The van der Waals surface area contributed by atoms with Crippen LogP contribution in [0.4, 0.5) is 5.82 Å². The topological polar surface area (TPSA) is 114 Å². The van der Waals surface area contributed by atoms with Crippen LogP contribution in [0.2, 0.25) is 5.02 Å². The molecule has 2 aromatic heterocycles. The molecule has 6 aromatic rings. The Morgan fingerprint density at radius 1 is 0.848 bits per heavy atom. The molecule has 0 unspecified atom stereocenters. The predicted molar refractivity (Wildman–Crippen MR) is 174 cm³/mol. The number of benzene rings is 4. The second-order valence-corrected chi connectivity index (χ2v) is 11.4. The summed E-state index contributed by atoms with van der Waals surface area (Å²) < 4.78 is 21.6. The van der Waals surface area contributed by atoms with Gasteiger partial charge in [-0.3, -0.25) is 4.57 Å². The largest absolute Gasteiger partial charge is 0.456 e. The number of aromatic nitrogens is 4. The average Bonchev–Trinajstić information content (AvgIpc) is 3.72. The van der Waals surface area contributed by atoms with E-state index in [4.69, 9.17) is 31.5 Å². The van der Waals surface area contributed by atoms with Gasteiger partial charge in [-0.05, 0) is 41.0 Å². The Morgan fingerprint density at radius 2 is 1.43 bits per heavy atom. The normalized spacial score (nSPS) is 18.1. The minimum atomic E-state index is -0.987. The van der Waals surface area contributed by atoms with Crippen LogP contribution >= 0.6 is 11.6 Å². The lowest BCUT2D eigenvalue weighted by Crippen LogP contribution is -2.39. The summed E-state index contributed by atoms with van der Waals surface area (Å²) in [4.78, 5) is 26.2. The number of anilines is 1. The van der Waals surface area contributed by atoms with Gasteiger partial charge in [-0.1, -0.05) is 103 Å². The van der Waals surface area contributed by atoms with Crippen molar-refractivity contribution in [2.75, 3.05) is 12.3 Å². The van der Waals surface area contributed by atoms with Crippen molar-refractivity contribution in [2.45, 2.75) is 30.5 Å². The molecule has 1 aliphatic heterocycles. The van der Waals surface area contributed by atoms with Gasteiger partial charge < -0.3 is 19.9 Å². The molecule has 9 nitrogen and oxygen atoms in total. The molecule has 0 saturated carbocycles. The van der Waals surface area contributed by atoms with Gasteiger partial charge in [0.2, 0.25) is 0 Å². The predicted octanol–water partition coefficient (Wildman–Crippen LogP) is 6.58. The molecule has 0 aliphatic carbocycles. The van der Waals surface area contributed by atoms with Crippen LogP contribution in [0.5, 0.6) is 0 Å². The van der Waals surface area contributed by atoms with E-state index in [-0.39, 0.29) is 12.4 Å². The minimum absolute atomic E-state index is 0.0947. The van der Waals surface area contributed by atoms with Crippen molar-refractivity contribution in [3.63, 3.8) is 0 Å². The number of rotatable bonds is 9. The van der Waals surface area contributed by atoms with Crippen LogP contribution in [0.3, 0.4) is 0 Å². The molecule has 10 heteroatoms. The number of hydrogen-bond acceptors (Lipinski definition) is 8. The van der Waals surface area contributed by atoms with Gasteiger partial charge in [0.05, 0.1) is 18.5 Å². The Hall–Kier alpha value is -5.09. The second kappa shape index (κ2) is 12.7. The number of nitrogens with zero attached hydrogens (tertiary/aromatic N) is 4. The number of fused-ring (bicyclic) bond motifs is 1. The van der Waals surface area contributed by atoms with E-state index in [1.165, 1.54) is 6.33 Å². The maximum absolute atomic E-state index is 13.4. The van der Waals surface area contributed by atoms with E-state index in [1.54, 1.807) is 35.2 Å². The first-order chi connectivity index (χ1) is 22.5. The molecular weight excluding hydrogens is 602 g/mol. The summed E-state index contributed by atoms with van der Waals surface area (Å²) in [7, 11) is 0. The third kappa shape index (κ3) is 5.60. The fourth-order valence-electron chi connectivity index (χ4n) is 5.99. The summed E-state index contributed by atoms with van der Waals surface area (Å²) >= 11 is 6.06. The van der Waals surface area contributed by atoms with Gasteiger partial charge >= 0.3 is 5.97 Å². The van der Waals surface area contributed by atoms with Gasteiger partial charge in [0.25, 0.3) is 0 Å². The first kappa shape index (κ1) is 29.6. The molecule has 230 valence electrons. The van der Waals surface area contributed by atoms with Crippen LogP contribution < -0.4 is 5.73 Å². The van der Waals surface area contributed by atoms with Crippen LogP contribution in [-0.4, -0.2) is 44.3 Å². The summed E-state index contributed by atoms with van der Waals surface area (Å²) in [6.45, 7) is 0.0947. The zero-order valence-corrected chi connectivity index (χ0v) is 25.4. The average molecular weight is 632 g/mol. The number of carbonyl (C=O) groups is 1. The number of carbonyl (C=O) groups excluding carboxylic acids is 1. The van der Waals surface area contributed by atoms with E-state index in [2.05, 4.69) is 51.4 Å². The Bertz CT molecular complexity index is 1840. The molecule has 46 heavy (non-hydrogen) atoms. The molecule has 0 amide bonds. The lowest BCUT2D eigenvalue weighted by molar-refractivity contribution is -0.0955. The summed E-state index contributed by atoms with van der Waals surface area (Å²) in [5, 5.41) is 0.527. The van der Waals surface area contributed by atoms with Crippen molar-refractivity contribution in [1.82, 2.24) is 19.5 Å². The monoisotopic (exact) mass is 631 g/mol. The second-order valence-electron chi connectivity index (χ2n) is 11.0. The standard InChI is InChI=1S/C36H30ClN5O4/c37-28-18-16-24(17-19-28)35(43)46-29-20-31(42-23-41-32-33(38)39-22-40-34(32)42)45-30(29)21-44-36(25-10-4-1-5-11-25,26-12-6-2-7-13-26)27-14-8-3-9-15-27/h1-19,22-23,29-31H,20-21H2,(H2,38,39,40)/t29-,30+,31+/m0/s1. The molecule has 0 spiro atoms. The molecule has 1 saturated heterocycles. The highest BCUT2D eigenvalue weighted by Crippen LogP contribution is 2.42. The number of halogens is 1. The van der Waals surface area contributed by atoms with Crippen LogP contribution in [0.15, 0.2) is 128 Å². The highest BCUT2D eigenvalue weighted by molar-refractivity contribution is 6.30. The molecule has 3 atom stereocenters. The van der Waals surface area contributed by atoms with Crippen molar-refractivity contribution in [3.05, 3.63) is 155 Å². The third-order valence-corrected chi connectivity index (χ3v) is 8.47. The van der Waals surface area contributed by atoms with Crippen LogP contribution in [-0.2, 0) is 19.8 Å². The number of ether oxygens (including phenoxy) is 3. The molecule has 2 N–H and O–H groups in total. The fraction of sp³-hybridized carbons (Fsp3) is 0.167. The summed E-state index contributed by atoms with van der Waals surface area (Å²) in [5.74, 6) is -0.218. The van der Waals surface area contributed by atoms with E-state index >= 15 is 0 Å². The molecule has 4 aromatic carbocycles. The molecule has 3 heterocycles. The highest BCUT2D eigenvalue weighted by atomic mass is 35.5. The first-order valence-electron chi connectivity index (χ1n) is 14.9. The van der Waals surface area contributed by atoms with Crippen LogP contribution in [0.25, 0.3) is 11.2 Å².